The predicted octanol–water partition coefficient (Wildman–Crippen LogP) is 0.412. The number of rotatable bonds is 4. The smallest absolute Gasteiger partial charge is 0.241 e. The van der Waals surface area contributed by atoms with Gasteiger partial charge in [0.2, 0.25) is 15.9 Å². The summed E-state index contributed by atoms with van der Waals surface area (Å²) in [6, 6.07) is 4.52. The summed E-state index contributed by atoms with van der Waals surface area (Å²) in [7, 11) is -3.74. The highest BCUT2D eigenvalue weighted by atomic mass is 35.5. The molecule has 88 valence electrons. The van der Waals surface area contributed by atoms with Crippen LogP contribution in [0.3, 0.4) is 0 Å². The van der Waals surface area contributed by atoms with Crippen LogP contribution in [0.15, 0.2) is 23.1 Å². The van der Waals surface area contributed by atoms with Crippen molar-refractivity contribution in [2.24, 2.45) is 5.73 Å². The molecule has 0 aliphatic carbocycles. The molecule has 0 unspecified atom stereocenters. The molecule has 0 saturated heterocycles. The van der Waals surface area contributed by atoms with Crippen LogP contribution in [0.25, 0.3) is 0 Å². The predicted molar refractivity (Wildman–Crippen MR) is 60.6 cm³/mol. The summed E-state index contributed by atoms with van der Waals surface area (Å²) in [4.78, 5) is 10.5. The Hall–Kier alpha value is -1.11. The van der Waals surface area contributed by atoms with Crippen molar-refractivity contribution in [1.82, 2.24) is 4.72 Å². The van der Waals surface area contributed by atoms with Crippen LogP contribution < -0.4 is 10.5 Å². The average molecular weight is 263 g/mol. The highest BCUT2D eigenvalue weighted by molar-refractivity contribution is 7.89. The number of halogens is 1. The summed E-state index contributed by atoms with van der Waals surface area (Å²) < 4.78 is 25.5. The second-order valence-corrected chi connectivity index (χ2v) is 5.30. The lowest BCUT2D eigenvalue weighted by Crippen LogP contribution is -2.33. The summed E-state index contributed by atoms with van der Waals surface area (Å²) in [5, 5.41) is 0.349. The minimum Gasteiger partial charge on any atom is -0.369 e. The van der Waals surface area contributed by atoms with Gasteiger partial charge >= 0.3 is 0 Å². The number of hydrogen-bond acceptors (Lipinski definition) is 3. The topological polar surface area (TPSA) is 89.3 Å². The second-order valence-electron chi connectivity index (χ2n) is 3.15. The Bertz CT molecular complexity index is 513. The van der Waals surface area contributed by atoms with Crippen molar-refractivity contribution in [2.75, 3.05) is 6.54 Å². The van der Waals surface area contributed by atoms with Crippen molar-refractivity contribution >= 4 is 27.5 Å². The summed E-state index contributed by atoms with van der Waals surface area (Å²) >= 11 is 5.80. The fourth-order valence-corrected chi connectivity index (χ4v) is 2.61. The number of hydrogen-bond donors (Lipinski definition) is 2. The quantitative estimate of drug-likeness (QED) is 0.824. The molecule has 0 atom stereocenters. The minimum absolute atomic E-state index is 0.0428. The molecule has 1 aromatic carbocycles. The summed E-state index contributed by atoms with van der Waals surface area (Å²) in [5.74, 6) is -0.747. The molecule has 1 rings (SSSR count). The van der Waals surface area contributed by atoms with Crippen molar-refractivity contribution in [2.45, 2.75) is 11.8 Å². The number of carbonyl (C=O) groups is 1. The van der Waals surface area contributed by atoms with Gasteiger partial charge in [0, 0.05) is 5.02 Å². The van der Waals surface area contributed by atoms with E-state index in [0.29, 0.717) is 10.6 Å². The molecular weight excluding hydrogens is 252 g/mol. The molecule has 0 spiro atoms. The maximum absolute atomic E-state index is 11.7. The molecule has 0 radical (unpaired) electrons. The van der Waals surface area contributed by atoms with Gasteiger partial charge in [-0.05, 0) is 24.6 Å². The number of nitrogens with one attached hydrogen (secondary N) is 1. The molecule has 0 aromatic heterocycles. The minimum atomic E-state index is -3.74. The van der Waals surface area contributed by atoms with Gasteiger partial charge in [0.05, 0.1) is 11.4 Å². The van der Waals surface area contributed by atoms with Gasteiger partial charge < -0.3 is 5.73 Å². The number of sulfonamides is 1. The molecular formula is C9H11ClN2O3S. The number of amides is 1. The standard InChI is InChI=1S/C9H11ClN2O3S/c1-6-7(10)3-2-4-8(6)16(14,15)12-5-9(11)13/h2-4,12H,5H2,1H3,(H2,11,13). The molecule has 1 aromatic rings. The van der Waals surface area contributed by atoms with E-state index < -0.39 is 22.5 Å². The van der Waals surface area contributed by atoms with Crippen LogP contribution in [0.5, 0.6) is 0 Å². The molecule has 0 aliphatic rings. The molecule has 16 heavy (non-hydrogen) atoms. The van der Waals surface area contributed by atoms with E-state index in [4.69, 9.17) is 17.3 Å². The van der Waals surface area contributed by atoms with Crippen molar-refractivity contribution in [1.29, 1.82) is 0 Å². The zero-order valence-corrected chi connectivity index (χ0v) is 10.1. The fraction of sp³-hybridized carbons (Fsp3) is 0.222. The van der Waals surface area contributed by atoms with Crippen LogP contribution >= 0.6 is 11.6 Å². The van der Waals surface area contributed by atoms with E-state index in [1.807, 2.05) is 0 Å². The number of nitrogens with two attached hydrogens (primary N) is 1. The lowest BCUT2D eigenvalue weighted by Gasteiger charge is -2.08. The molecule has 0 aliphatic heterocycles. The molecule has 0 fully saturated rings. The Morgan fingerprint density at radius 1 is 1.50 bits per heavy atom. The number of primary amides is 1. The van der Waals surface area contributed by atoms with Gasteiger partial charge in [-0.1, -0.05) is 17.7 Å². The zero-order chi connectivity index (χ0) is 12.3. The summed E-state index contributed by atoms with van der Waals surface area (Å²) in [6.07, 6.45) is 0. The number of benzene rings is 1. The SMILES string of the molecule is Cc1c(Cl)cccc1S(=O)(=O)NCC(N)=O. The Morgan fingerprint density at radius 2 is 2.12 bits per heavy atom. The lowest BCUT2D eigenvalue weighted by atomic mass is 10.2. The first-order valence-corrected chi connectivity index (χ1v) is 6.24. The van der Waals surface area contributed by atoms with Gasteiger partial charge in [0.25, 0.3) is 0 Å². The van der Waals surface area contributed by atoms with E-state index in [0.717, 1.165) is 0 Å². The van der Waals surface area contributed by atoms with Crippen molar-refractivity contribution in [3.05, 3.63) is 28.8 Å². The van der Waals surface area contributed by atoms with Gasteiger partial charge in [-0.25, -0.2) is 13.1 Å². The van der Waals surface area contributed by atoms with E-state index in [1.54, 1.807) is 13.0 Å². The Kier molecular flexibility index (Phi) is 3.90. The average Bonchev–Trinajstić information content (AvgIpc) is 2.19. The Morgan fingerprint density at radius 3 is 2.69 bits per heavy atom. The van der Waals surface area contributed by atoms with Crippen LogP contribution in [0, 0.1) is 6.92 Å². The van der Waals surface area contributed by atoms with Crippen LogP contribution in [-0.2, 0) is 14.8 Å². The first kappa shape index (κ1) is 13.0. The zero-order valence-electron chi connectivity index (χ0n) is 8.53. The van der Waals surface area contributed by atoms with Crippen LogP contribution in [-0.4, -0.2) is 20.9 Å². The Labute approximate surface area is 98.6 Å². The molecule has 1 amide bonds. The van der Waals surface area contributed by atoms with Crippen LogP contribution in [0.1, 0.15) is 5.56 Å². The molecule has 3 N–H and O–H groups in total. The fourth-order valence-electron chi connectivity index (χ4n) is 1.12. The molecule has 0 heterocycles. The summed E-state index contributed by atoms with van der Waals surface area (Å²) in [6.45, 7) is 1.15. The van der Waals surface area contributed by atoms with E-state index in [1.165, 1.54) is 12.1 Å². The van der Waals surface area contributed by atoms with Gasteiger partial charge in [0.15, 0.2) is 0 Å². The maximum Gasteiger partial charge on any atom is 0.241 e. The van der Waals surface area contributed by atoms with Gasteiger partial charge in [-0.3, -0.25) is 4.79 Å². The van der Waals surface area contributed by atoms with Crippen LogP contribution in [0.4, 0.5) is 0 Å². The molecule has 0 saturated carbocycles. The summed E-state index contributed by atoms with van der Waals surface area (Å²) in [5.41, 5.74) is 5.29. The van der Waals surface area contributed by atoms with Gasteiger partial charge in [0.1, 0.15) is 0 Å². The van der Waals surface area contributed by atoms with Crippen molar-refractivity contribution < 1.29 is 13.2 Å². The molecule has 7 heteroatoms. The first-order chi connectivity index (χ1) is 7.34. The lowest BCUT2D eigenvalue weighted by molar-refractivity contribution is -0.116. The maximum atomic E-state index is 11.7. The second kappa shape index (κ2) is 4.82. The van der Waals surface area contributed by atoms with E-state index in [9.17, 15) is 13.2 Å². The van der Waals surface area contributed by atoms with Crippen molar-refractivity contribution in [3.63, 3.8) is 0 Å². The highest BCUT2D eigenvalue weighted by Gasteiger charge is 2.18. The number of carbonyl (C=O) groups excluding carboxylic acids is 1. The molecule has 5 nitrogen and oxygen atoms in total. The highest BCUT2D eigenvalue weighted by Crippen LogP contribution is 2.22. The Balaban J connectivity index is 3.08. The van der Waals surface area contributed by atoms with E-state index in [2.05, 4.69) is 4.72 Å². The van der Waals surface area contributed by atoms with Gasteiger partial charge in [-0.2, -0.15) is 0 Å². The third-order valence-electron chi connectivity index (χ3n) is 1.94. The first-order valence-electron chi connectivity index (χ1n) is 4.37. The molecule has 0 bridgehead atoms. The van der Waals surface area contributed by atoms with E-state index >= 15 is 0 Å². The third-order valence-corrected chi connectivity index (χ3v) is 3.90. The van der Waals surface area contributed by atoms with Crippen LogP contribution in [0.2, 0.25) is 5.02 Å². The largest absolute Gasteiger partial charge is 0.369 e. The third kappa shape index (κ3) is 2.94. The van der Waals surface area contributed by atoms with E-state index in [-0.39, 0.29) is 4.90 Å². The van der Waals surface area contributed by atoms with Crippen molar-refractivity contribution in [3.8, 4) is 0 Å². The monoisotopic (exact) mass is 262 g/mol. The van der Waals surface area contributed by atoms with Gasteiger partial charge in [-0.15, -0.1) is 0 Å². The normalized spacial score (nSPS) is 11.4.